The quantitative estimate of drug-likeness (QED) is 0.703. The second kappa shape index (κ2) is 6.63. The van der Waals surface area contributed by atoms with E-state index in [0.717, 1.165) is 12.8 Å². The number of ether oxygens (including phenoxy) is 1. The Kier molecular flexibility index (Phi) is 5.42. The zero-order chi connectivity index (χ0) is 11.1. The summed E-state index contributed by atoms with van der Waals surface area (Å²) in [7, 11) is 1.65. The Morgan fingerprint density at radius 2 is 2.07 bits per heavy atom. The fourth-order valence-corrected chi connectivity index (χ4v) is 2.03. The lowest BCUT2D eigenvalue weighted by molar-refractivity contribution is -0.172. The third kappa shape index (κ3) is 4.48. The van der Waals surface area contributed by atoms with Gasteiger partial charge in [0.15, 0.2) is 0 Å². The highest BCUT2D eigenvalue weighted by molar-refractivity contribution is 5.64. The lowest BCUT2D eigenvalue weighted by Crippen LogP contribution is -2.38. The molecule has 0 radical (unpaired) electrons. The molecule has 0 atom stereocenters. The van der Waals surface area contributed by atoms with E-state index in [-0.39, 0.29) is 0 Å². The van der Waals surface area contributed by atoms with E-state index < -0.39 is 6.09 Å². The van der Waals surface area contributed by atoms with Gasteiger partial charge in [0.1, 0.15) is 6.61 Å². The molecule has 1 rings (SSSR count). The minimum Gasteiger partial charge on any atom is -0.448 e. The number of hydroxylamine groups is 2. The molecule has 0 aromatic rings. The fraction of sp³-hybridized carbons (Fsp3) is 0.900. The average Bonchev–Trinajstić information content (AvgIpc) is 2.25. The van der Waals surface area contributed by atoms with Crippen LogP contribution in [0.25, 0.3) is 0 Å². The molecule has 15 heavy (non-hydrogen) atoms. The third-order valence-corrected chi connectivity index (χ3v) is 2.77. The van der Waals surface area contributed by atoms with Gasteiger partial charge in [-0.2, -0.15) is 5.06 Å². The van der Waals surface area contributed by atoms with Crippen LogP contribution in [0.2, 0.25) is 0 Å². The maximum atomic E-state index is 10.4. The van der Waals surface area contributed by atoms with E-state index >= 15 is 0 Å². The van der Waals surface area contributed by atoms with Gasteiger partial charge in [0, 0.05) is 6.04 Å². The highest BCUT2D eigenvalue weighted by Crippen LogP contribution is 2.22. The Bertz CT molecular complexity index is 193. The molecule has 0 bridgehead atoms. The lowest BCUT2D eigenvalue weighted by Gasteiger charge is -2.31. The second-order valence-electron chi connectivity index (χ2n) is 3.78. The van der Waals surface area contributed by atoms with Crippen LogP contribution >= 0.6 is 0 Å². The highest BCUT2D eigenvalue weighted by Gasteiger charge is 2.20. The molecule has 0 saturated heterocycles. The predicted octanol–water partition coefficient (Wildman–Crippen LogP) is 1.28. The zero-order valence-electron chi connectivity index (χ0n) is 9.28. The van der Waals surface area contributed by atoms with E-state index in [1.165, 1.54) is 19.3 Å². The standard InChI is InChI=1S/C10H20N2O3/c1-14-12(7-8-15-10(11)13)9-5-3-2-4-6-9/h9H,2-8H2,1H3,(H2,11,13). The summed E-state index contributed by atoms with van der Waals surface area (Å²) in [4.78, 5) is 15.7. The number of carbonyl (C=O) groups is 1. The SMILES string of the molecule is CON(CCOC(N)=O)C1CCCCC1. The molecular weight excluding hydrogens is 196 g/mol. The maximum Gasteiger partial charge on any atom is 0.404 e. The zero-order valence-corrected chi connectivity index (χ0v) is 9.28. The van der Waals surface area contributed by atoms with Gasteiger partial charge in [0.25, 0.3) is 0 Å². The minimum absolute atomic E-state index is 0.291. The van der Waals surface area contributed by atoms with Gasteiger partial charge in [-0.25, -0.2) is 4.79 Å². The van der Waals surface area contributed by atoms with Crippen LogP contribution in [0.15, 0.2) is 0 Å². The molecule has 88 valence electrons. The average molecular weight is 216 g/mol. The summed E-state index contributed by atoms with van der Waals surface area (Å²) in [5.74, 6) is 0. The topological polar surface area (TPSA) is 64.8 Å². The van der Waals surface area contributed by atoms with Crippen LogP contribution in [-0.4, -0.2) is 37.5 Å². The van der Waals surface area contributed by atoms with Crippen LogP contribution in [0.3, 0.4) is 0 Å². The number of carbonyl (C=O) groups excluding carboxylic acids is 1. The summed E-state index contributed by atoms with van der Waals surface area (Å²) in [5, 5.41) is 1.89. The Morgan fingerprint density at radius 3 is 2.60 bits per heavy atom. The molecule has 1 aliphatic carbocycles. The lowest BCUT2D eigenvalue weighted by atomic mass is 9.95. The first kappa shape index (κ1) is 12.3. The number of amides is 1. The van der Waals surface area contributed by atoms with E-state index in [2.05, 4.69) is 4.74 Å². The molecule has 1 aliphatic rings. The molecule has 1 fully saturated rings. The molecule has 1 amide bonds. The Labute approximate surface area is 90.5 Å². The van der Waals surface area contributed by atoms with Crippen LogP contribution in [0.4, 0.5) is 4.79 Å². The number of primary amides is 1. The van der Waals surface area contributed by atoms with Crippen LogP contribution in [-0.2, 0) is 9.57 Å². The summed E-state index contributed by atoms with van der Waals surface area (Å²) in [6, 6.07) is 0.459. The summed E-state index contributed by atoms with van der Waals surface area (Å²) in [6.45, 7) is 0.879. The van der Waals surface area contributed by atoms with Gasteiger partial charge in [-0.3, -0.25) is 0 Å². The first-order valence-electron chi connectivity index (χ1n) is 5.47. The highest BCUT2D eigenvalue weighted by atomic mass is 16.7. The summed E-state index contributed by atoms with van der Waals surface area (Å²) in [5.41, 5.74) is 4.88. The molecule has 0 aromatic carbocycles. The van der Waals surface area contributed by atoms with Gasteiger partial charge in [0.2, 0.25) is 0 Å². The molecule has 2 N–H and O–H groups in total. The van der Waals surface area contributed by atoms with Crippen LogP contribution in [0.1, 0.15) is 32.1 Å². The number of hydrogen-bond donors (Lipinski definition) is 1. The van der Waals surface area contributed by atoms with E-state index in [1.807, 2.05) is 5.06 Å². The van der Waals surface area contributed by atoms with Crippen molar-refractivity contribution in [1.29, 1.82) is 0 Å². The number of nitrogens with zero attached hydrogens (tertiary/aromatic N) is 1. The van der Waals surface area contributed by atoms with Gasteiger partial charge in [-0.05, 0) is 12.8 Å². The third-order valence-electron chi connectivity index (χ3n) is 2.77. The van der Waals surface area contributed by atoms with E-state index in [4.69, 9.17) is 10.6 Å². The summed E-state index contributed by atoms with van der Waals surface area (Å²) in [6.07, 6.45) is 5.40. The molecule has 5 heteroatoms. The van der Waals surface area contributed by atoms with Gasteiger partial charge in [0.05, 0.1) is 13.7 Å². The molecule has 5 nitrogen and oxygen atoms in total. The molecule has 0 aromatic heterocycles. The van der Waals surface area contributed by atoms with Gasteiger partial charge < -0.3 is 15.3 Å². The van der Waals surface area contributed by atoms with Gasteiger partial charge in [-0.1, -0.05) is 19.3 Å². The first-order valence-corrected chi connectivity index (χ1v) is 5.47. The van der Waals surface area contributed by atoms with E-state index in [1.54, 1.807) is 7.11 Å². The fourth-order valence-electron chi connectivity index (χ4n) is 2.03. The van der Waals surface area contributed by atoms with E-state index in [9.17, 15) is 4.79 Å². The molecule has 1 saturated carbocycles. The van der Waals surface area contributed by atoms with E-state index in [0.29, 0.717) is 19.2 Å². The Balaban J connectivity index is 2.24. The largest absolute Gasteiger partial charge is 0.448 e. The summed E-state index contributed by atoms with van der Waals surface area (Å²) < 4.78 is 4.68. The first-order chi connectivity index (χ1) is 7.24. The molecule has 0 unspecified atom stereocenters. The van der Waals surface area contributed by atoms with Crippen molar-refractivity contribution in [2.75, 3.05) is 20.3 Å². The Hall–Kier alpha value is -0.810. The molecular formula is C10H20N2O3. The second-order valence-corrected chi connectivity index (χ2v) is 3.78. The van der Waals surface area contributed by atoms with Crippen molar-refractivity contribution < 1.29 is 14.4 Å². The number of hydrogen-bond acceptors (Lipinski definition) is 4. The van der Waals surface area contributed by atoms with Gasteiger partial charge in [-0.15, -0.1) is 0 Å². The van der Waals surface area contributed by atoms with Crippen molar-refractivity contribution in [3.63, 3.8) is 0 Å². The van der Waals surface area contributed by atoms with Crippen molar-refractivity contribution in [2.45, 2.75) is 38.1 Å². The van der Waals surface area contributed by atoms with Gasteiger partial charge >= 0.3 is 6.09 Å². The minimum atomic E-state index is -0.727. The monoisotopic (exact) mass is 216 g/mol. The summed E-state index contributed by atoms with van der Waals surface area (Å²) >= 11 is 0. The Morgan fingerprint density at radius 1 is 1.40 bits per heavy atom. The normalized spacial score (nSPS) is 18.0. The van der Waals surface area contributed by atoms with Crippen molar-refractivity contribution in [3.05, 3.63) is 0 Å². The van der Waals surface area contributed by atoms with Crippen molar-refractivity contribution in [2.24, 2.45) is 5.73 Å². The number of rotatable bonds is 5. The van der Waals surface area contributed by atoms with Crippen molar-refractivity contribution in [3.8, 4) is 0 Å². The molecule has 0 aliphatic heterocycles. The maximum absolute atomic E-state index is 10.4. The predicted molar refractivity (Wildman–Crippen MR) is 56.1 cm³/mol. The van der Waals surface area contributed by atoms with Crippen LogP contribution < -0.4 is 5.73 Å². The van der Waals surface area contributed by atoms with Crippen LogP contribution in [0.5, 0.6) is 0 Å². The van der Waals surface area contributed by atoms with Crippen molar-refractivity contribution in [1.82, 2.24) is 5.06 Å². The van der Waals surface area contributed by atoms with Crippen molar-refractivity contribution >= 4 is 6.09 Å². The van der Waals surface area contributed by atoms with Crippen LogP contribution in [0, 0.1) is 0 Å². The number of nitrogens with two attached hydrogens (primary N) is 1. The molecule has 0 spiro atoms. The smallest absolute Gasteiger partial charge is 0.404 e. The molecule has 0 heterocycles.